The van der Waals surface area contributed by atoms with E-state index in [2.05, 4.69) is 16.4 Å². The minimum atomic E-state index is 0.822. The first-order valence-electron chi connectivity index (χ1n) is 4.94. The lowest BCUT2D eigenvalue weighted by atomic mass is 10.3. The molecular weight excluding hydrogens is 164 g/mol. The van der Waals surface area contributed by atoms with Gasteiger partial charge >= 0.3 is 0 Å². The van der Waals surface area contributed by atoms with Gasteiger partial charge in [0.15, 0.2) is 6.19 Å². The topological polar surface area (TPSA) is 42.3 Å². The predicted molar refractivity (Wildman–Crippen MR) is 52.2 cm³/mol. The second-order valence-electron chi connectivity index (χ2n) is 3.27. The SMILES string of the molecule is CCN(C#N)CCN1CCNCC1. The Labute approximate surface area is 80.1 Å². The fourth-order valence-electron chi connectivity index (χ4n) is 1.48. The van der Waals surface area contributed by atoms with Crippen LogP contribution in [-0.2, 0) is 0 Å². The van der Waals surface area contributed by atoms with Gasteiger partial charge < -0.3 is 10.2 Å². The Bertz CT molecular complexity index is 169. The van der Waals surface area contributed by atoms with Crippen LogP contribution in [0.3, 0.4) is 0 Å². The number of nitriles is 1. The molecule has 0 saturated carbocycles. The van der Waals surface area contributed by atoms with Crippen molar-refractivity contribution in [3.8, 4) is 6.19 Å². The van der Waals surface area contributed by atoms with E-state index in [0.717, 1.165) is 45.8 Å². The molecule has 0 aromatic rings. The third-order valence-corrected chi connectivity index (χ3v) is 2.42. The van der Waals surface area contributed by atoms with E-state index in [1.165, 1.54) is 0 Å². The van der Waals surface area contributed by atoms with Crippen LogP contribution in [0.4, 0.5) is 0 Å². The van der Waals surface area contributed by atoms with Crippen molar-refractivity contribution in [2.24, 2.45) is 0 Å². The van der Waals surface area contributed by atoms with Crippen LogP contribution in [0, 0.1) is 11.5 Å². The van der Waals surface area contributed by atoms with E-state index in [4.69, 9.17) is 5.26 Å². The van der Waals surface area contributed by atoms with Gasteiger partial charge in [0.1, 0.15) is 0 Å². The molecule has 4 nitrogen and oxygen atoms in total. The first-order chi connectivity index (χ1) is 6.36. The first kappa shape index (κ1) is 10.3. The Morgan fingerprint density at radius 2 is 2.15 bits per heavy atom. The molecule has 0 atom stereocenters. The summed E-state index contributed by atoms with van der Waals surface area (Å²) in [6, 6.07) is 0. The van der Waals surface area contributed by atoms with Gasteiger partial charge in [-0.05, 0) is 6.92 Å². The highest BCUT2D eigenvalue weighted by atomic mass is 15.2. The smallest absolute Gasteiger partial charge is 0.179 e. The van der Waals surface area contributed by atoms with Gasteiger partial charge in [0.05, 0.1) is 0 Å². The van der Waals surface area contributed by atoms with Gasteiger partial charge in [-0.15, -0.1) is 0 Å². The molecule has 0 aliphatic carbocycles. The lowest BCUT2D eigenvalue weighted by Crippen LogP contribution is -2.45. The Morgan fingerprint density at radius 1 is 1.46 bits per heavy atom. The first-order valence-corrected chi connectivity index (χ1v) is 4.94. The van der Waals surface area contributed by atoms with E-state index in [9.17, 15) is 0 Å². The number of hydrogen-bond acceptors (Lipinski definition) is 4. The molecule has 1 saturated heterocycles. The molecule has 0 aromatic heterocycles. The van der Waals surface area contributed by atoms with Crippen LogP contribution in [0.2, 0.25) is 0 Å². The van der Waals surface area contributed by atoms with E-state index in [0.29, 0.717) is 0 Å². The molecule has 1 heterocycles. The molecule has 1 fully saturated rings. The van der Waals surface area contributed by atoms with Crippen molar-refractivity contribution in [2.45, 2.75) is 6.92 Å². The van der Waals surface area contributed by atoms with Crippen LogP contribution in [-0.4, -0.2) is 55.6 Å². The maximum Gasteiger partial charge on any atom is 0.179 e. The van der Waals surface area contributed by atoms with Gasteiger partial charge in [0, 0.05) is 45.8 Å². The number of likely N-dealkylation sites (N-methyl/N-ethyl adjacent to an activating group) is 1. The third kappa shape index (κ3) is 3.62. The van der Waals surface area contributed by atoms with E-state index >= 15 is 0 Å². The van der Waals surface area contributed by atoms with Crippen LogP contribution >= 0.6 is 0 Å². The summed E-state index contributed by atoms with van der Waals surface area (Å²) in [5, 5.41) is 12.0. The molecule has 1 aliphatic rings. The molecule has 74 valence electrons. The highest BCUT2D eigenvalue weighted by Gasteiger charge is 2.09. The lowest BCUT2D eigenvalue weighted by molar-refractivity contribution is 0.219. The van der Waals surface area contributed by atoms with Gasteiger partial charge in [-0.2, -0.15) is 5.26 Å². The summed E-state index contributed by atoms with van der Waals surface area (Å²) in [4.78, 5) is 4.19. The van der Waals surface area contributed by atoms with Gasteiger partial charge in [-0.3, -0.25) is 4.90 Å². The molecule has 1 aliphatic heterocycles. The Hall–Kier alpha value is -0.790. The van der Waals surface area contributed by atoms with E-state index in [1.54, 1.807) is 4.90 Å². The maximum absolute atomic E-state index is 8.70. The third-order valence-electron chi connectivity index (χ3n) is 2.42. The molecule has 13 heavy (non-hydrogen) atoms. The van der Waals surface area contributed by atoms with E-state index < -0.39 is 0 Å². The Balaban J connectivity index is 2.13. The summed E-state index contributed by atoms with van der Waals surface area (Å²) in [5.41, 5.74) is 0. The zero-order valence-corrected chi connectivity index (χ0v) is 8.29. The summed E-state index contributed by atoms with van der Waals surface area (Å²) in [6.07, 6.45) is 2.18. The number of piperazine rings is 1. The maximum atomic E-state index is 8.70. The van der Waals surface area contributed by atoms with Crippen molar-refractivity contribution >= 4 is 0 Å². The van der Waals surface area contributed by atoms with Crippen LogP contribution in [0.15, 0.2) is 0 Å². The molecule has 0 spiro atoms. The predicted octanol–water partition coefficient (Wildman–Crippen LogP) is -0.305. The van der Waals surface area contributed by atoms with Gasteiger partial charge in [-0.1, -0.05) is 0 Å². The number of hydrogen-bond donors (Lipinski definition) is 1. The van der Waals surface area contributed by atoms with Gasteiger partial charge in [0.2, 0.25) is 0 Å². The summed E-state index contributed by atoms with van der Waals surface area (Å²) >= 11 is 0. The average Bonchev–Trinajstić information content (AvgIpc) is 2.21. The van der Waals surface area contributed by atoms with Crippen LogP contribution in [0.5, 0.6) is 0 Å². The number of nitrogens with one attached hydrogen (secondary N) is 1. The van der Waals surface area contributed by atoms with Crippen molar-refractivity contribution in [2.75, 3.05) is 45.8 Å². The molecule has 1 N–H and O–H groups in total. The van der Waals surface area contributed by atoms with Gasteiger partial charge in [0.25, 0.3) is 0 Å². The molecule has 0 radical (unpaired) electrons. The quantitative estimate of drug-likeness (QED) is 0.478. The summed E-state index contributed by atoms with van der Waals surface area (Å²) < 4.78 is 0. The van der Waals surface area contributed by atoms with Gasteiger partial charge in [-0.25, -0.2) is 0 Å². The minimum absolute atomic E-state index is 0.822. The van der Waals surface area contributed by atoms with Crippen molar-refractivity contribution < 1.29 is 0 Å². The highest BCUT2D eigenvalue weighted by molar-refractivity contribution is 4.75. The normalized spacial score (nSPS) is 18.2. The fraction of sp³-hybridized carbons (Fsp3) is 0.889. The monoisotopic (exact) mass is 182 g/mol. The largest absolute Gasteiger partial charge is 0.314 e. The second-order valence-corrected chi connectivity index (χ2v) is 3.27. The number of rotatable bonds is 4. The second kappa shape index (κ2) is 5.79. The summed E-state index contributed by atoms with van der Waals surface area (Å²) in [7, 11) is 0. The highest BCUT2D eigenvalue weighted by Crippen LogP contribution is 1.93. The standard InChI is InChI=1S/C9H18N4/c1-2-12(9-10)7-8-13-5-3-11-4-6-13/h11H,2-8H2,1H3. The van der Waals surface area contributed by atoms with E-state index in [1.807, 2.05) is 6.92 Å². The van der Waals surface area contributed by atoms with Crippen molar-refractivity contribution in [3.05, 3.63) is 0 Å². The van der Waals surface area contributed by atoms with Crippen LogP contribution in [0.1, 0.15) is 6.92 Å². The van der Waals surface area contributed by atoms with Crippen LogP contribution < -0.4 is 5.32 Å². The van der Waals surface area contributed by atoms with Crippen molar-refractivity contribution in [1.82, 2.24) is 15.1 Å². The van der Waals surface area contributed by atoms with Crippen molar-refractivity contribution in [3.63, 3.8) is 0 Å². The Morgan fingerprint density at radius 3 is 2.69 bits per heavy atom. The zero-order valence-electron chi connectivity index (χ0n) is 8.29. The number of nitrogens with zero attached hydrogens (tertiary/aromatic N) is 3. The molecule has 0 amide bonds. The Kier molecular flexibility index (Phi) is 4.58. The molecule has 1 rings (SSSR count). The van der Waals surface area contributed by atoms with Crippen molar-refractivity contribution in [1.29, 1.82) is 5.26 Å². The minimum Gasteiger partial charge on any atom is -0.314 e. The lowest BCUT2D eigenvalue weighted by Gasteiger charge is -2.28. The summed E-state index contributed by atoms with van der Waals surface area (Å²) in [5.74, 6) is 0. The molecule has 0 aromatic carbocycles. The zero-order chi connectivity index (χ0) is 9.52. The van der Waals surface area contributed by atoms with Crippen LogP contribution in [0.25, 0.3) is 0 Å². The fourth-order valence-corrected chi connectivity index (χ4v) is 1.48. The molecular formula is C9H18N4. The van der Waals surface area contributed by atoms with E-state index in [-0.39, 0.29) is 0 Å². The molecule has 0 unspecified atom stereocenters. The molecule has 0 bridgehead atoms. The summed E-state index contributed by atoms with van der Waals surface area (Å²) in [6.45, 7) is 9.11. The average molecular weight is 182 g/mol. The molecule has 4 heteroatoms.